The first-order valence-electron chi connectivity index (χ1n) is 12.9. The summed E-state index contributed by atoms with van der Waals surface area (Å²) in [7, 11) is 1.51. The van der Waals surface area contributed by atoms with Crippen LogP contribution in [0.15, 0.2) is 97.6 Å². The Labute approximate surface area is 233 Å². The van der Waals surface area contributed by atoms with Crippen LogP contribution in [-0.4, -0.2) is 37.2 Å². The van der Waals surface area contributed by atoms with Gasteiger partial charge >= 0.3 is 0 Å². The van der Waals surface area contributed by atoms with E-state index in [-0.39, 0.29) is 0 Å². The summed E-state index contributed by atoms with van der Waals surface area (Å²) in [6.07, 6.45) is 6.91. The van der Waals surface area contributed by atoms with Crippen molar-refractivity contribution in [2.24, 2.45) is 0 Å². The predicted molar refractivity (Wildman–Crippen MR) is 155 cm³/mol. The van der Waals surface area contributed by atoms with Gasteiger partial charge < -0.3 is 14.5 Å². The number of halogens is 1. The summed E-state index contributed by atoms with van der Waals surface area (Å²) in [5.41, 5.74) is 7.07. The molecule has 0 radical (unpaired) electrons. The number of hydrogen-bond donors (Lipinski definition) is 2. The Balaban J connectivity index is 1.24. The first-order chi connectivity index (χ1) is 20.1. The Morgan fingerprint density at radius 1 is 0.780 bits per heavy atom. The van der Waals surface area contributed by atoms with Crippen LogP contribution in [0.25, 0.3) is 55.7 Å². The molecule has 0 aliphatic heterocycles. The van der Waals surface area contributed by atoms with E-state index in [1.165, 1.54) is 19.2 Å². The molecule has 200 valence electrons. The molecule has 0 unspecified atom stereocenters. The van der Waals surface area contributed by atoms with Crippen molar-refractivity contribution >= 4 is 21.8 Å². The normalized spacial score (nSPS) is 11.3. The number of methoxy groups -OCH3 is 1. The molecule has 5 aromatic heterocycles. The molecule has 0 saturated heterocycles. The molecular weight excluding hydrogens is 519 g/mol. The standard InChI is InChI=1S/C32H23FN6O2/c1-40-23-10-20(9-22(33)12-23)31-25-14-29(37-27(25)7-8-35-31)32-26-13-28(36-17-30(26)38-39-32)21-11-24(16-34-15-21)41-18-19-5-3-2-4-6-19/h2-17,37H,18H2,1H3,(H,38,39). The number of H-pyrrole nitrogens is 2. The van der Waals surface area contributed by atoms with Crippen LogP contribution in [0.2, 0.25) is 0 Å². The maximum Gasteiger partial charge on any atom is 0.138 e. The molecule has 41 heavy (non-hydrogen) atoms. The summed E-state index contributed by atoms with van der Waals surface area (Å²) in [5, 5.41) is 9.39. The number of pyridine rings is 3. The predicted octanol–water partition coefficient (Wildman–Crippen LogP) is 6.96. The van der Waals surface area contributed by atoms with E-state index in [2.05, 4.69) is 30.1 Å². The highest BCUT2D eigenvalue weighted by molar-refractivity contribution is 6.00. The molecule has 0 aliphatic carbocycles. The van der Waals surface area contributed by atoms with Crippen molar-refractivity contribution < 1.29 is 13.9 Å². The summed E-state index contributed by atoms with van der Waals surface area (Å²) in [4.78, 5) is 17.0. The number of aromatic amines is 2. The molecule has 0 amide bonds. The van der Waals surface area contributed by atoms with Crippen molar-refractivity contribution in [3.63, 3.8) is 0 Å². The van der Waals surface area contributed by atoms with Gasteiger partial charge in [0, 0.05) is 45.9 Å². The lowest BCUT2D eigenvalue weighted by Crippen LogP contribution is -1.96. The average molecular weight is 543 g/mol. The van der Waals surface area contributed by atoms with Gasteiger partial charge in [0.25, 0.3) is 0 Å². The molecule has 2 N–H and O–H groups in total. The van der Waals surface area contributed by atoms with Crippen LogP contribution < -0.4 is 9.47 Å². The molecule has 5 heterocycles. The van der Waals surface area contributed by atoms with E-state index in [9.17, 15) is 4.39 Å². The number of nitrogens with zero attached hydrogens (tertiary/aromatic N) is 4. The third-order valence-electron chi connectivity index (χ3n) is 6.89. The van der Waals surface area contributed by atoms with E-state index < -0.39 is 5.82 Å². The Bertz CT molecular complexity index is 2020. The lowest BCUT2D eigenvalue weighted by Gasteiger charge is -2.08. The SMILES string of the molecule is COc1cc(F)cc(-c2nccc3[nH]c(-c4n[nH]c5cnc(-c6cncc(OCc7ccccc7)c6)cc45)cc23)c1. The van der Waals surface area contributed by atoms with E-state index in [1.54, 1.807) is 30.9 Å². The Morgan fingerprint density at radius 2 is 1.63 bits per heavy atom. The molecule has 8 nitrogen and oxygen atoms in total. The maximum atomic E-state index is 14.3. The minimum absolute atomic E-state index is 0.392. The van der Waals surface area contributed by atoms with Crippen LogP contribution in [-0.2, 0) is 6.61 Å². The molecule has 0 fully saturated rings. The first kappa shape index (κ1) is 24.5. The number of aromatic nitrogens is 6. The zero-order valence-electron chi connectivity index (χ0n) is 21.9. The van der Waals surface area contributed by atoms with Crippen LogP contribution in [0.1, 0.15) is 5.56 Å². The molecule has 0 saturated carbocycles. The van der Waals surface area contributed by atoms with E-state index in [1.807, 2.05) is 54.6 Å². The van der Waals surface area contributed by atoms with E-state index in [0.717, 1.165) is 50.0 Å². The largest absolute Gasteiger partial charge is 0.497 e. The second kappa shape index (κ2) is 10.2. The van der Waals surface area contributed by atoms with Gasteiger partial charge in [0.1, 0.15) is 29.6 Å². The maximum absolute atomic E-state index is 14.3. The molecular formula is C32H23FN6O2. The first-order valence-corrected chi connectivity index (χ1v) is 12.9. The lowest BCUT2D eigenvalue weighted by molar-refractivity contribution is 0.305. The fraction of sp³-hybridized carbons (Fsp3) is 0.0625. The second-order valence-corrected chi connectivity index (χ2v) is 9.55. The van der Waals surface area contributed by atoms with Crippen LogP contribution in [0.5, 0.6) is 11.5 Å². The molecule has 0 atom stereocenters. The van der Waals surface area contributed by atoms with Crippen LogP contribution in [0.4, 0.5) is 4.39 Å². The topological polar surface area (TPSA) is 102 Å². The molecule has 2 aromatic carbocycles. The highest BCUT2D eigenvalue weighted by Gasteiger charge is 2.16. The Hall–Kier alpha value is -5.57. The second-order valence-electron chi connectivity index (χ2n) is 9.55. The number of nitrogens with one attached hydrogen (secondary N) is 2. The summed E-state index contributed by atoms with van der Waals surface area (Å²) in [6.45, 7) is 0.448. The van der Waals surface area contributed by atoms with Gasteiger partial charge in [-0.1, -0.05) is 30.3 Å². The van der Waals surface area contributed by atoms with Gasteiger partial charge in [-0.25, -0.2) is 4.39 Å². The van der Waals surface area contributed by atoms with Gasteiger partial charge in [-0.2, -0.15) is 5.10 Å². The third-order valence-corrected chi connectivity index (χ3v) is 6.89. The Morgan fingerprint density at radius 3 is 2.51 bits per heavy atom. The molecule has 0 spiro atoms. The number of rotatable bonds is 7. The van der Waals surface area contributed by atoms with Gasteiger partial charge in [0.05, 0.1) is 42.1 Å². The number of ether oxygens (including phenoxy) is 2. The van der Waals surface area contributed by atoms with Gasteiger partial charge in [0.2, 0.25) is 0 Å². The summed E-state index contributed by atoms with van der Waals surface area (Å²) in [6, 6.07) is 22.3. The third kappa shape index (κ3) is 4.74. The number of benzene rings is 2. The van der Waals surface area contributed by atoms with Crippen molar-refractivity contribution in [1.82, 2.24) is 30.1 Å². The summed E-state index contributed by atoms with van der Waals surface area (Å²) in [5.74, 6) is 0.693. The zero-order valence-corrected chi connectivity index (χ0v) is 21.9. The molecule has 0 bridgehead atoms. The molecule has 0 aliphatic rings. The molecule has 7 aromatic rings. The zero-order chi connectivity index (χ0) is 27.8. The highest BCUT2D eigenvalue weighted by atomic mass is 19.1. The lowest BCUT2D eigenvalue weighted by atomic mass is 10.1. The van der Waals surface area contributed by atoms with Crippen molar-refractivity contribution in [3.8, 4) is 45.4 Å². The van der Waals surface area contributed by atoms with Crippen molar-refractivity contribution in [2.45, 2.75) is 6.61 Å². The van der Waals surface area contributed by atoms with Crippen molar-refractivity contribution in [2.75, 3.05) is 7.11 Å². The van der Waals surface area contributed by atoms with Gasteiger partial charge in [0.15, 0.2) is 0 Å². The highest BCUT2D eigenvalue weighted by Crippen LogP contribution is 2.35. The van der Waals surface area contributed by atoms with E-state index >= 15 is 0 Å². The quantitative estimate of drug-likeness (QED) is 0.226. The van der Waals surface area contributed by atoms with E-state index in [4.69, 9.17) is 9.47 Å². The molecule has 9 heteroatoms. The minimum Gasteiger partial charge on any atom is -0.497 e. The fourth-order valence-electron chi connectivity index (χ4n) is 4.89. The van der Waals surface area contributed by atoms with Gasteiger partial charge in [-0.05, 0) is 42.0 Å². The van der Waals surface area contributed by atoms with Crippen LogP contribution in [0, 0.1) is 5.82 Å². The number of hydrogen-bond acceptors (Lipinski definition) is 6. The number of fused-ring (bicyclic) bond motifs is 2. The minimum atomic E-state index is -0.392. The summed E-state index contributed by atoms with van der Waals surface area (Å²) >= 11 is 0. The molecule has 7 rings (SSSR count). The van der Waals surface area contributed by atoms with Crippen LogP contribution >= 0.6 is 0 Å². The Kier molecular flexibility index (Phi) is 6.09. The summed E-state index contributed by atoms with van der Waals surface area (Å²) < 4.78 is 25.5. The fourth-order valence-corrected chi connectivity index (χ4v) is 4.89. The van der Waals surface area contributed by atoms with Crippen molar-refractivity contribution in [1.29, 1.82) is 0 Å². The van der Waals surface area contributed by atoms with Crippen LogP contribution in [0.3, 0.4) is 0 Å². The van der Waals surface area contributed by atoms with Crippen molar-refractivity contribution in [3.05, 3.63) is 109 Å². The monoisotopic (exact) mass is 542 g/mol. The average Bonchev–Trinajstić information content (AvgIpc) is 3.64. The van der Waals surface area contributed by atoms with Gasteiger partial charge in [-0.3, -0.25) is 20.1 Å². The van der Waals surface area contributed by atoms with Gasteiger partial charge in [-0.15, -0.1) is 0 Å². The van der Waals surface area contributed by atoms with E-state index in [0.29, 0.717) is 29.4 Å². The smallest absolute Gasteiger partial charge is 0.138 e.